The lowest BCUT2D eigenvalue weighted by Crippen LogP contribution is -2.12. The van der Waals surface area contributed by atoms with Crippen LogP contribution in [0.3, 0.4) is 0 Å². The van der Waals surface area contributed by atoms with Crippen LogP contribution in [0.1, 0.15) is 29.2 Å². The lowest BCUT2D eigenvalue weighted by atomic mass is 10.3. The maximum absolute atomic E-state index is 12.1. The molecule has 0 atom stereocenters. The number of anilines is 2. The van der Waals surface area contributed by atoms with Gasteiger partial charge in [-0.15, -0.1) is 11.3 Å². The molecule has 0 aliphatic carbocycles. The summed E-state index contributed by atoms with van der Waals surface area (Å²) in [5, 5.41) is 3.59. The van der Waals surface area contributed by atoms with E-state index in [1.807, 2.05) is 18.2 Å². The number of hydrogen-bond donors (Lipinski definition) is 1. The number of rotatable bonds is 8. The number of carbonyl (C=O) groups is 2. The lowest BCUT2D eigenvalue weighted by Gasteiger charge is -2.04. The van der Waals surface area contributed by atoms with Gasteiger partial charge in [0.2, 0.25) is 0 Å². The Morgan fingerprint density at radius 1 is 1.20 bits per heavy atom. The lowest BCUT2D eigenvalue weighted by molar-refractivity contribution is -0.142. The molecule has 1 heterocycles. The van der Waals surface area contributed by atoms with Crippen molar-refractivity contribution >= 4 is 34.1 Å². The number of thiazole rings is 1. The molecular weight excluding hydrogens is 344 g/mol. The van der Waals surface area contributed by atoms with Gasteiger partial charge in [-0.1, -0.05) is 6.07 Å². The highest BCUT2D eigenvalue weighted by atomic mass is 32.1. The minimum Gasteiger partial charge on any atom is -0.497 e. The van der Waals surface area contributed by atoms with E-state index in [4.69, 9.17) is 14.2 Å². The summed E-state index contributed by atoms with van der Waals surface area (Å²) >= 11 is 1.21. The van der Waals surface area contributed by atoms with Crippen LogP contribution < -0.4 is 10.1 Å². The van der Waals surface area contributed by atoms with Crippen LogP contribution in [0, 0.1) is 0 Å². The van der Waals surface area contributed by atoms with Crippen LogP contribution >= 0.6 is 11.3 Å². The van der Waals surface area contributed by atoms with Gasteiger partial charge in [0.05, 0.1) is 31.6 Å². The van der Waals surface area contributed by atoms with E-state index in [2.05, 4.69) is 10.3 Å². The predicted molar refractivity (Wildman–Crippen MR) is 94.7 cm³/mol. The molecule has 1 aromatic heterocycles. The summed E-state index contributed by atoms with van der Waals surface area (Å²) in [6, 6.07) is 7.30. The highest BCUT2D eigenvalue weighted by Crippen LogP contribution is 2.28. The van der Waals surface area contributed by atoms with Crippen LogP contribution in [0.25, 0.3) is 0 Å². The van der Waals surface area contributed by atoms with Gasteiger partial charge in [-0.3, -0.25) is 4.79 Å². The van der Waals surface area contributed by atoms with E-state index >= 15 is 0 Å². The van der Waals surface area contributed by atoms with E-state index in [0.717, 1.165) is 5.69 Å². The Balaban J connectivity index is 2.25. The third-order valence-corrected chi connectivity index (χ3v) is 4.07. The van der Waals surface area contributed by atoms with Crippen molar-refractivity contribution in [1.82, 2.24) is 4.98 Å². The normalized spacial score (nSPS) is 10.2. The molecule has 0 amide bonds. The smallest absolute Gasteiger partial charge is 0.358 e. The van der Waals surface area contributed by atoms with Crippen LogP contribution in [0.5, 0.6) is 5.75 Å². The summed E-state index contributed by atoms with van der Waals surface area (Å²) in [6.45, 7) is 3.95. The largest absolute Gasteiger partial charge is 0.497 e. The number of carbonyl (C=O) groups excluding carboxylic acids is 2. The Kier molecular flexibility index (Phi) is 6.76. The first-order valence-electron chi connectivity index (χ1n) is 7.80. The maximum atomic E-state index is 12.1. The molecule has 8 heteroatoms. The molecule has 2 aromatic rings. The fraction of sp³-hybridized carbons (Fsp3) is 0.353. The molecule has 0 spiro atoms. The Morgan fingerprint density at radius 3 is 2.64 bits per heavy atom. The fourth-order valence-electron chi connectivity index (χ4n) is 2.05. The third kappa shape index (κ3) is 5.18. The third-order valence-electron chi connectivity index (χ3n) is 3.10. The standard InChI is InChI=1S/C17H20N2O5S/c1-4-23-14(20)10-13-15(16(21)24-5-2)19-17(25-13)18-11-7-6-8-12(9-11)22-3/h6-9H,4-5,10H2,1-3H3,(H,18,19). The first-order chi connectivity index (χ1) is 12.1. The highest BCUT2D eigenvalue weighted by molar-refractivity contribution is 7.16. The molecule has 2 rings (SSSR count). The van der Waals surface area contributed by atoms with Crippen LogP contribution in [-0.4, -0.2) is 37.2 Å². The predicted octanol–water partition coefficient (Wildman–Crippen LogP) is 3.18. The van der Waals surface area contributed by atoms with Gasteiger partial charge in [0.1, 0.15) is 5.75 Å². The second kappa shape index (κ2) is 9.03. The van der Waals surface area contributed by atoms with Crippen molar-refractivity contribution in [3.63, 3.8) is 0 Å². The molecule has 1 N–H and O–H groups in total. The summed E-state index contributed by atoms with van der Waals surface area (Å²) in [5.41, 5.74) is 0.886. The van der Waals surface area contributed by atoms with Crippen LogP contribution in [0.4, 0.5) is 10.8 Å². The SMILES string of the molecule is CCOC(=O)Cc1sc(Nc2cccc(OC)c2)nc1C(=O)OCC. The molecule has 7 nitrogen and oxygen atoms in total. The van der Waals surface area contributed by atoms with Crippen LogP contribution in [-0.2, 0) is 20.7 Å². The molecule has 0 radical (unpaired) electrons. The zero-order valence-corrected chi connectivity index (χ0v) is 15.1. The highest BCUT2D eigenvalue weighted by Gasteiger charge is 2.22. The minimum atomic E-state index is -0.559. The molecule has 0 aliphatic heterocycles. The van der Waals surface area contributed by atoms with Gasteiger partial charge in [-0.2, -0.15) is 0 Å². The summed E-state index contributed by atoms with van der Waals surface area (Å²) in [6.07, 6.45) is -0.0283. The molecule has 0 saturated heterocycles. The summed E-state index contributed by atoms with van der Waals surface area (Å²) in [4.78, 5) is 28.6. The van der Waals surface area contributed by atoms with Gasteiger partial charge in [0.25, 0.3) is 0 Å². The fourth-order valence-corrected chi connectivity index (χ4v) is 3.01. The Morgan fingerprint density at radius 2 is 1.96 bits per heavy atom. The second-order valence-corrected chi connectivity index (χ2v) is 5.93. The first kappa shape index (κ1) is 18.7. The van der Waals surface area contributed by atoms with Crippen molar-refractivity contribution in [3.8, 4) is 5.75 Å². The molecule has 0 fully saturated rings. The van der Waals surface area contributed by atoms with Crippen molar-refractivity contribution in [2.24, 2.45) is 0 Å². The van der Waals surface area contributed by atoms with E-state index in [9.17, 15) is 9.59 Å². The number of nitrogens with zero attached hydrogens (tertiary/aromatic N) is 1. The van der Waals surface area contributed by atoms with Crippen molar-refractivity contribution in [1.29, 1.82) is 0 Å². The van der Waals surface area contributed by atoms with E-state index < -0.39 is 11.9 Å². The zero-order valence-electron chi connectivity index (χ0n) is 14.3. The Labute approximate surface area is 149 Å². The number of methoxy groups -OCH3 is 1. The molecular formula is C17H20N2O5S. The van der Waals surface area contributed by atoms with Gasteiger partial charge in [0, 0.05) is 11.8 Å². The number of nitrogens with one attached hydrogen (secondary N) is 1. The van der Waals surface area contributed by atoms with Crippen LogP contribution in [0.2, 0.25) is 0 Å². The first-order valence-corrected chi connectivity index (χ1v) is 8.62. The van der Waals surface area contributed by atoms with Gasteiger partial charge < -0.3 is 19.5 Å². The summed E-state index contributed by atoms with van der Waals surface area (Å²) < 4.78 is 15.1. The average Bonchev–Trinajstić information content (AvgIpc) is 2.97. The van der Waals surface area contributed by atoms with E-state index in [0.29, 0.717) is 15.8 Å². The monoisotopic (exact) mass is 364 g/mol. The molecule has 0 unspecified atom stereocenters. The number of aromatic nitrogens is 1. The number of esters is 2. The molecule has 1 aromatic carbocycles. The van der Waals surface area contributed by atoms with Crippen LogP contribution in [0.15, 0.2) is 24.3 Å². The summed E-state index contributed by atoms with van der Waals surface area (Å²) in [5.74, 6) is -0.278. The molecule has 134 valence electrons. The second-order valence-electron chi connectivity index (χ2n) is 4.85. The summed E-state index contributed by atoms with van der Waals surface area (Å²) in [7, 11) is 1.58. The molecule has 25 heavy (non-hydrogen) atoms. The number of hydrogen-bond acceptors (Lipinski definition) is 8. The van der Waals surface area contributed by atoms with Crippen molar-refractivity contribution < 1.29 is 23.8 Å². The maximum Gasteiger partial charge on any atom is 0.358 e. The average molecular weight is 364 g/mol. The molecule has 0 bridgehead atoms. The van der Waals surface area contributed by atoms with E-state index in [1.165, 1.54) is 11.3 Å². The number of benzene rings is 1. The van der Waals surface area contributed by atoms with E-state index in [1.54, 1.807) is 27.0 Å². The molecule has 0 aliphatic rings. The Hall–Kier alpha value is -2.61. The number of ether oxygens (including phenoxy) is 3. The van der Waals surface area contributed by atoms with E-state index in [-0.39, 0.29) is 25.3 Å². The molecule has 0 saturated carbocycles. The van der Waals surface area contributed by atoms with Gasteiger partial charge in [0.15, 0.2) is 10.8 Å². The Bertz CT molecular complexity index is 744. The van der Waals surface area contributed by atoms with Gasteiger partial charge in [-0.05, 0) is 26.0 Å². The topological polar surface area (TPSA) is 86.8 Å². The zero-order chi connectivity index (χ0) is 18.2. The van der Waals surface area contributed by atoms with Gasteiger partial charge in [-0.25, -0.2) is 9.78 Å². The quantitative estimate of drug-likeness (QED) is 0.720. The van der Waals surface area contributed by atoms with Crippen molar-refractivity contribution in [2.45, 2.75) is 20.3 Å². The minimum absolute atomic E-state index is 0.0283. The van der Waals surface area contributed by atoms with Gasteiger partial charge >= 0.3 is 11.9 Å². The van der Waals surface area contributed by atoms with Crippen molar-refractivity contribution in [2.75, 3.05) is 25.6 Å². The van der Waals surface area contributed by atoms with Crippen molar-refractivity contribution in [3.05, 3.63) is 34.8 Å².